The van der Waals surface area contributed by atoms with Gasteiger partial charge in [0.15, 0.2) is 0 Å². The summed E-state index contributed by atoms with van der Waals surface area (Å²) in [5, 5.41) is 3.80. The highest BCUT2D eigenvalue weighted by molar-refractivity contribution is 4.94. The third-order valence-corrected chi connectivity index (χ3v) is 3.50. The highest BCUT2D eigenvalue weighted by Gasteiger charge is 2.41. The highest BCUT2D eigenvalue weighted by Crippen LogP contribution is 2.45. The number of methoxy groups -OCH3 is 1. The van der Waals surface area contributed by atoms with Crippen LogP contribution in [-0.4, -0.2) is 19.3 Å². The fraction of sp³-hybridized carbons (Fsp3) is 1.00. The first kappa shape index (κ1) is 8.85. The Balaban J connectivity index is 1.93. The number of nitrogens with zero attached hydrogens (tertiary/aromatic N) is 3. The third kappa shape index (κ3) is 1.64. The lowest BCUT2D eigenvalue weighted by molar-refractivity contribution is 0.101. The van der Waals surface area contributed by atoms with Crippen molar-refractivity contribution in [2.75, 3.05) is 7.11 Å². The lowest BCUT2D eigenvalue weighted by Crippen LogP contribution is -2.08. The second-order valence-corrected chi connectivity index (χ2v) is 4.18. The summed E-state index contributed by atoms with van der Waals surface area (Å²) in [5.41, 5.74) is 8.32. The molecule has 0 aliphatic heterocycles. The van der Waals surface area contributed by atoms with Crippen molar-refractivity contribution in [3.8, 4) is 0 Å². The summed E-state index contributed by atoms with van der Waals surface area (Å²) in [7, 11) is 1.79. The van der Waals surface area contributed by atoms with Gasteiger partial charge in [-0.15, -0.1) is 0 Å². The van der Waals surface area contributed by atoms with Crippen molar-refractivity contribution in [1.82, 2.24) is 0 Å². The predicted octanol–water partition coefficient (Wildman–Crippen LogP) is 2.50. The van der Waals surface area contributed by atoms with Crippen LogP contribution in [0, 0.1) is 11.8 Å². The Hall–Kier alpha value is -0.730. The fourth-order valence-corrected chi connectivity index (χ4v) is 2.89. The Morgan fingerprint density at radius 1 is 1.23 bits per heavy atom. The normalized spacial score (nSPS) is 42.8. The van der Waals surface area contributed by atoms with Gasteiger partial charge in [-0.25, -0.2) is 0 Å². The van der Waals surface area contributed by atoms with Gasteiger partial charge in [-0.1, -0.05) is 5.11 Å². The van der Waals surface area contributed by atoms with E-state index < -0.39 is 0 Å². The van der Waals surface area contributed by atoms with Gasteiger partial charge in [-0.2, -0.15) is 0 Å². The van der Waals surface area contributed by atoms with Crippen molar-refractivity contribution >= 4 is 0 Å². The molecule has 0 amide bonds. The predicted molar refractivity (Wildman–Crippen MR) is 49.2 cm³/mol. The molecular weight excluding hydrogens is 166 g/mol. The molecule has 4 nitrogen and oxygen atoms in total. The molecule has 2 rings (SSSR count). The zero-order chi connectivity index (χ0) is 9.26. The molecule has 0 N–H and O–H groups in total. The Labute approximate surface area is 77.9 Å². The molecule has 2 saturated carbocycles. The van der Waals surface area contributed by atoms with Crippen molar-refractivity contribution < 1.29 is 4.74 Å². The van der Waals surface area contributed by atoms with E-state index in [0.717, 1.165) is 24.7 Å². The van der Waals surface area contributed by atoms with E-state index in [2.05, 4.69) is 10.0 Å². The number of hydrogen-bond acceptors (Lipinski definition) is 2. The zero-order valence-electron chi connectivity index (χ0n) is 7.89. The molecule has 0 spiro atoms. The van der Waals surface area contributed by atoms with Gasteiger partial charge in [0, 0.05) is 18.1 Å². The molecule has 4 heteroatoms. The number of azide groups is 1. The Bertz CT molecular complexity index is 223. The van der Waals surface area contributed by atoms with Crippen molar-refractivity contribution in [3.63, 3.8) is 0 Å². The molecule has 0 aromatic rings. The van der Waals surface area contributed by atoms with Crippen LogP contribution < -0.4 is 0 Å². The highest BCUT2D eigenvalue weighted by atomic mass is 16.5. The van der Waals surface area contributed by atoms with Crippen LogP contribution in [-0.2, 0) is 4.74 Å². The average molecular weight is 181 g/mol. The smallest absolute Gasteiger partial charge is 0.0576 e. The number of ether oxygens (including phenoxy) is 1. The van der Waals surface area contributed by atoms with Gasteiger partial charge in [0.2, 0.25) is 0 Å². The summed E-state index contributed by atoms with van der Waals surface area (Å²) < 4.78 is 5.34. The molecule has 72 valence electrons. The maximum absolute atomic E-state index is 8.32. The maximum atomic E-state index is 8.32. The Morgan fingerprint density at radius 2 is 1.85 bits per heavy atom. The van der Waals surface area contributed by atoms with Gasteiger partial charge < -0.3 is 4.74 Å². The minimum atomic E-state index is 0.262. The van der Waals surface area contributed by atoms with Crippen LogP contribution in [0.25, 0.3) is 10.4 Å². The second-order valence-electron chi connectivity index (χ2n) is 4.18. The van der Waals surface area contributed by atoms with Gasteiger partial charge in [-0.05, 0) is 43.1 Å². The van der Waals surface area contributed by atoms with Gasteiger partial charge in [-0.3, -0.25) is 0 Å². The topological polar surface area (TPSA) is 58.0 Å². The zero-order valence-corrected chi connectivity index (χ0v) is 7.89. The summed E-state index contributed by atoms with van der Waals surface area (Å²) >= 11 is 0. The van der Waals surface area contributed by atoms with E-state index in [-0.39, 0.29) is 6.04 Å². The lowest BCUT2D eigenvalue weighted by Gasteiger charge is -2.09. The number of rotatable bonds is 2. The van der Waals surface area contributed by atoms with Crippen molar-refractivity contribution in [2.24, 2.45) is 17.0 Å². The van der Waals surface area contributed by atoms with Crippen molar-refractivity contribution in [3.05, 3.63) is 10.4 Å². The first-order chi connectivity index (χ1) is 6.33. The quantitative estimate of drug-likeness (QED) is 0.367. The van der Waals surface area contributed by atoms with Crippen LogP contribution in [0.15, 0.2) is 5.11 Å². The molecule has 0 heterocycles. The van der Waals surface area contributed by atoms with E-state index in [0.29, 0.717) is 6.10 Å². The Kier molecular flexibility index (Phi) is 2.42. The summed E-state index contributed by atoms with van der Waals surface area (Å²) in [4.78, 5) is 2.88. The van der Waals surface area contributed by atoms with Crippen LogP contribution in [0.4, 0.5) is 0 Å². The largest absolute Gasteiger partial charge is 0.381 e. The summed E-state index contributed by atoms with van der Waals surface area (Å²) in [5.74, 6) is 1.50. The molecule has 2 aliphatic rings. The van der Waals surface area contributed by atoms with Crippen LogP contribution in [0.3, 0.4) is 0 Å². The van der Waals surface area contributed by atoms with Crippen LogP contribution >= 0.6 is 0 Å². The molecule has 0 aromatic carbocycles. The van der Waals surface area contributed by atoms with E-state index in [1.54, 1.807) is 7.11 Å². The summed E-state index contributed by atoms with van der Waals surface area (Å²) in [6.45, 7) is 0. The fourth-order valence-electron chi connectivity index (χ4n) is 2.89. The minimum Gasteiger partial charge on any atom is -0.381 e. The summed E-state index contributed by atoms with van der Waals surface area (Å²) in [6.07, 6.45) is 4.95. The molecule has 2 unspecified atom stereocenters. The molecule has 0 saturated heterocycles. The first-order valence-corrected chi connectivity index (χ1v) is 4.90. The van der Waals surface area contributed by atoms with E-state index in [4.69, 9.17) is 10.3 Å². The minimum absolute atomic E-state index is 0.262. The van der Waals surface area contributed by atoms with Crippen molar-refractivity contribution in [1.29, 1.82) is 0 Å². The first-order valence-electron chi connectivity index (χ1n) is 4.90. The van der Waals surface area contributed by atoms with Crippen LogP contribution in [0.1, 0.15) is 25.7 Å². The molecule has 2 aliphatic carbocycles. The van der Waals surface area contributed by atoms with E-state index >= 15 is 0 Å². The lowest BCUT2D eigenvalue weighted by atomic mass is 10.0. The Morgan fingerprint density at radius 3 is 2.31 bits per heavy atom. The number of fused-ring (bicyclic) bond motifs is 1. The van der Waals surface area contributed by atoms with Crippen LogP contribution in [0.5, 0.6) is 0 Å². The molecule has 2 fully saturated rings. The second kappa shape index (κ2) is 3.56. The molecule has 4 atom stereocenters. The molecular formula is C9H15N3O. The van der Waals surface area contributed by atoms with Gasteiger partial charge in [0.25, 0.3) is 0 Å². The monoisotopic (exact) mass is 181 g/mol. The SMILES string of the molecule is COC1C[C@H]2CC(N=[N+]=[N-])C[C@H]2C1. The molecule has 0 radical (unpaired) electrons. The third-order valence-electron chi connectivity index (χ3n) is 3.50. The number of hydrogen-bond donors (Lipinski definition) is 0. The van der Waals surface area contributed by atoms with E-state index in [1.807, 2.05) is 0 Å². The van der Waals surface area contributed by atoms with Crippen molar-refractivity contribution in [2.45, 2.75) is 37.8 Å². The standard InChI is InChI=1S/C9H15N3O/c1-13-9-4-6-2-8(11-12-10)3-7(6)5-9/h6-9H,2-5H2,1H3/t6-,7+,8?,9?. The van der Waals surface area contributed by atoms with Gasteiger partial charge in [0.05, 0.1) is 6.10 Å². The van der Waals surface area contributed by atoms with Gasteiger partial charge in [0.1, 0.15) is 0 Å². The summed E-state index contributed by atoms with van der Waals surface area (Å²) in [6, 6.07) is 0.262. The van der Waals surface area contributed by atoms with E-state index in [9.17, 15) is 0 Å². The molecule has 13 heavy (non-hydrogen) atoms. The molecule has 0 bridgehead atoms. The van der Waals surface area contributed by atoms with Crippen LogP contribution in [0.2, 0.25) is 0 Å². The average Bonchev–Trinajstić information content (AvgIpc) is 2.61. The maximum Gasteiger partial charge on any atom is 0.0576 e. The van der Waals surface area contributed by atoms with Gasteiger partial charge >= 0.3 is 0 Å². The molecule has 0 aromatic heterocycles. The van der Waals surface area contributed by atoms with E-state index in [1.165, 1.54) is 12.8 Å².